The molecule has 0 bridgehead atoms. The molecule has 1 aliphatic rings. The first-order valence-corrected chi connectivity index (χ1v) is 6.15. The molecule has 0 spiro atoms. The molecule has 5 nitrogen and oxygen atoms in total. The van der Waals surface area contributed by atoms with Gasteiger partial charge in [0.1, 0.15) is 0 Å². The number of aromatic carboxylic acids is 1. The Morgan fingerprint density at radius 3 is 2.89 bits per heavy atom. The summed E-state index contributed by atoms with van der Waals surface area (Å²) in [7, 11) is 0. The smallest absolute Gasteiger partial charge is 0.356 e. The first kappa shape index (κ1) is 13.1. The van der Waals surface area contributed by atoms with E-state index in [9.17, 15) is 4.79 Å². The van der Waals surface area contributed by atoms with Gasteiger partial charge in [0.2, 0.25) is 5.88 Å². The van der Waals surface area contributed by atoms with Crippen LogP contribution in [0.5, 0.6) is 5.88 Å². The zero-order valence-electron chi connectivity index (χ0n) is 9.76. The maximum atomic E-state index is 10.9. The Bertz CT molecular complexity index is 432. The molecular weight excluding hydrogens is 258 g/mol. The number of hydrogen-bond acceptors (Lipinski definition) is 4. The first-order valence-electron chi connectivity index (χ1n) is 5.77. The maximum Gasteiger partial charge on any atom is 0.356 e. The number of ether oxygens (including phenoxy) is 2. The molecule has 1 aliphatic heterocycles. The average molecular weight is 272 g/mol. The molecule has 2 rings (SSSR count). The van der Waals surface area contributed by atoms with Crippen molar-refractivity contribution in [2.24, 2.45) is 5.92 Å². The molecule has 1 saturated heterocycles. The molecule has 2 heterocycles. The molecule has 18 heavy (non-hydrogen) atoms. The molecule has 98 valence electrons. The highest BCUT2D eigenvalue weighted by atomic mass is 35.5. The Hall–Kier alpha value is -1.33. The minimum Gasteiger partial charge on any atom is -0.477 e. The van der Waals surface area contributed by atoms with Crippen LogP contribution < -0.4 is 4.74 Å². The fraction of sp³-hybridized carbons (Fsp3) is 0.500. The van der Waals surface area contributed by atoms with Crippen LogP contribution in [0.25, 0.3) is 0 Å². The minimum atomic E-state index is -1.16. The molecule has 6 heteroatoms. The van der Waals surface area contributed by atoms with Crippen molar-refractivity contribution in [3.63, 3.8) is 0 Å². The Labute approximate surface area is 110 Å². The quantitative estimate of drug-likeness (QED) is 0.909. The molecule has 0 saturated carbocycles. The molecule has 0 aromatic carbocycles. The van der Waals surface area contributed by atoms with Crippen LogP contribution in [-0.2, 0) is 4.74 Å². The zero-order valence-corrected chi connectivity index (χ0v) is 10.5. The predicted molar refractivity (Wildman–Crippen MR) is 65.2 cm³/mol. The van der Waals surface area contributed by atoms with E-state index in [0.717, 1.165) is 26.1 Å². The van der Waals surface area contributed by atoms with Gasteiger partial charge in [-0.15, -0.1) is 0 Å². The van der Waals surface area contributed by atoms with Crippen molar-refractivity contribution in [1.29, 1.82) is 0 Å². The number of carboxylic acids is 1. The van der Waals surface area contributed by atoms with Crippen molar-refractivity contribution < 1.29 is 19.4 Å². The van der Waals surface area contributed by atoms with Crippen molar-refractivity contribution in [3.05, 3.63) is 22.8 Å². The van der Waals surface area contributed by atoms with Gasteiger partial charge in [0.05, 0.1) is 11.6 Å². The fourth-order valence-electron chi connectivity index (χ4n) is 1.77. The third-order valence-corrected chi connectivity index (χ3v) is 3.14. The summed E-state index contributed by atoms with van der Waals surface area (Å²) in [6.07, 6.45) is 1.92. The minimum absolute atomic E-state index is 0.112. The Morgan fingerprint density at radius 1 is 1.50 bits per heavy atom. The van der Waals surface area contributed by atoms with Crippen LogP contribution >= 0.6 is 11.6 Å². The van der Waals surface area contributed by atoms with E-state index >= 15 is 0 Å². The van der Waals surface area contributed by atoms with Gasteiger partial charge in [-0.05, 0) is 24.8 Å². The summed E-state index contributed by atoms with van der Waals surface area (Å²) < 4.78 is 10.8. The van der Waals surface area contributed by atoms with Gasteiger partial charge in [-0.3, -0.25) is 0 Å². The van der Waals surface area contributed by atoms with Gasteiger partial charge < -0.3 is 14.6 Å². The van der Waals surface area contributed by atoms with Crippen LogP contribution in [0.1, 0.15) is 23.3 Å². The number of rotatable bonds is 4. The van der Waals surface area contributed by atoms with Crippen LogP contribution in [0.15, 0.2) is 12.1 Å². The lowest BCUT2D eigenvalue weighted by molar-refractivity contribution is 0.0489. The number of hydrogen-bond donors (Lipinski definition) is 1. The average Bonchev–Trinajstić information content (AvgIpc) is 2.38. The van der Waals surface area contributed by atoms with E-state index in [1.54, 1.807) is 6.07 Å². The van der Waals surface area contributed by atoms with Crippen molar-refractivity contribution in [3.8, 4) is 5.88 Å². The Morgan fingerprint density at radius 2 is 2.22 bits per heavy atom. The zero-order chi connectivity index (χ0) is 13.0. The maximum absolute atomic E-state index is 10.9. The number of halogens is 1. The highest BCUT2D eigenvalue weighted by Crippen LogP contribution is 2.20. The van der Waals surface area contributed by atoms with Gasteiger partial charge in [-0.1, -0.05) is 11.6 Å². The molecule has 0 unspecified atom stereocenters. The van der Waals surface area contributed by atoms with Gasteiger partial charge in [-0.2, -0.15) is 0 Å². The monoisotopic (exact) mass is 271 g/mol. The number of carbonyl (C=O) groups is 1. The Balaban J connectivity index is 1.96. The number of nitrogens with zero attached hydrogens (tertiary/aromatic N) is 1. The summed E-state index contributed by atoms with van der Waals surface area (Å²) in [6, 6.07) is 3.06. The summed E-state index contributed by atoms with van der Waals surface area (Å²) in [5, 5.41) is 9.00. The highest BCUT2D eigenvalue weighted by Gasteiger charge is 2.16. The molecule has 1 N–H and O–H groups in total. The number of aromatic nitrogens is 1. The second-order valence-corrected chi connectivity index (χ2v) is 4.56. The van der Waals surface area contributed by atoms with Gasteiger partial charge >= 0.3 is 5.97 Å². The lowest BCUT2D eigenvalue weighted by Crippen LogP contribution is -2.21. The molecular formula is C12H14ClNO4. The summed E-state index contributed by atoms with van der Waals surface area (Å²) in [5.41, 5.74) is -0.179. The van der Waals surface area contributed by atoms with Gasteiger partial charge in [0, 0.05) is 19.3 Å². The van der Waals surface area contributed by atoms with Crippen LogP contribution in [0.4, 0.5) is 0 Å². The lowest BCUT2D eigenvalue weighted by atomic mass is 10.0. The van der Waals surface area contributed by atoms with E-state index in [2.05, 4.69) is 4.98 Å². The lowest BCUT2D eigenvalue weighted by Gasteiger charge is -2.21. The van der Waals surface area contributed by atoms with Crippen LogP contribution in [0, 0.1) is 5.92 Å². The topological polar surface area (TPSA) is 68.7 Å². The molecule has 0 atom stereocenters. The molecule has 1 fully saturated rings. The number of pyridine rings is 1. The van der Waals surface area contributed by atoms with Gasteiger partial charge in [-0.25, -0.2) is 9.78 Å². The van der Waals surface area contributed by atoms with Crippen molar-refractivity contribution in [1.82, 2.24) is 4.98 Å². The SMILES string of the molecule is O=C(O)c1nc(OCC2CCOCC2)ccc1Cl. The van der Waals surface area contributed by atoms with E-state index in [1.165, 1.54) is 6.07 Å². The van der Waals surface area contributed by atoms with Gasteiger partial charge in [0.25, 0.3) is 0 Å². The van der Waals surface area contributed by atoms with Crippen LogP contribution in [0.2, 0.25) is 5.02 Å². The second-order valence-electron chi connectivity index (χ2n) is 4.15. The summed E-state index contributed by atoms with van der Waals surface area (Å²) >= 11 is 5.72. The van der Waals surface area contributed by atoms with Crippen molar-refractivity contribution >= 4 is 17.6 Å². The summed E-state index contributed by atoms with van der Waals surface area (Å²) in [6.45, 7) is 2.03. The van der Waals surface area contributed by atoms with Crippen molar-refractivity contribution in [2.45, 2.75) is 12.8 Å². The first-order chi connectivity index (χ1) is 8.66. The van der Waals surface area contributed by atoms with Crippen molar-refractivity contribution in [2.75, 3.05) is 19.8 Å². The molecule has 0 aliphatic carbocycles. The third kappa shape index (κ3) is 3.34. The standard InChI is InChI=1S/C12H14ClNO4/c13-9-1-2-10(14-11(9)12(15)16)18-7-8-3-5-17-6-4-8/h1-2,8H,3-7H2,(H,15,16). The van der Waals surface area contributed by atoms with Gasteiger partial charge in [0.15, 0.2) is 5.69 Å². The van der Waals surface area contributed by atoms with Crippen LogP contribution in [-0.4, -0.2) is 35.9 Å². The van der Waals surface area contributed by atoms with E-state index in [0.29, 0.717) is 18.4 Å². The van der Waals surface area contributed by atoms with E-state index in [1.807, 2.05) is 0 Å². The van der Waals surface area contributed by atoms with E-state index in [-0.39, 0.29) is 10.7 Å². The second kappa shape index (κ2) is 6.02. The largest absolute Gasteiger partial charge is 0.477 e. The van der Waals surface area contributed by atoms with E-state index in [4.69, 9.17) is 26.2 Å². The van der Waals surface area contributed by atoms with E-state index < -0.39 is 5.97 Å². The Kier molecular flexibility index (Phi) is 4.38. The molecule has 0 radical (unpaired) electrons. The fourth-order valence-corrected chi connectivity index (χ4v) is 1.96. The normalized spacial score (nSPS) is 16.5. The predicted octanol–water partition coefficient (Wildman–Crippen LogP) is 2.24. The molecule has 0 amide bonds. The summed E-state index contributed by atoms with van der Waals surface area (Å²) in [5.74, 6) is -0.427. The molecule has 1 aromatic rings. The summed E-state index contributed by atoms with van der Waals surface area (Å²) in [4.78, 5) is 14.7. The molecule has 1 aromatic heterocycles. The highest BCUT2D eigenvalue weighted by molar-refractivity contribution is 6.33. The van der Waals surface area contributed by atoms with Crippen LogP contribution in [0.3, 0.4) is 0 Å². The number of carboxylic acid groups (broad SMARTS) is 1. The third-order valence-electron chi connectivity index (χ3n) is 2.83.